The highest BCUT2D eigenvalue weighted by Gasteiger charge is 2.33. The number of anilines is 1. The number of sulfonamides is 1. The van der Waals surface area contributed by atoms with Crippen LogP contribution in [0, 0.1) is 0 Å². The Morgan fingerprint density at radius 3 is 2.75 bits per heavy atom. The van der Waals surface area contributed by atoms with Crippen LogP contribution in [-0.2, 0) is 10.0 Å². The quantitative estimate of drug-likeness (QED) is 0.605. The SMILES string of the molecule is O=C(Oc1ccccc1)c1ccc2c(c1)SC1=NS(=O)(=O)CCN12. The van der Waals surface area contributed by atoms with E-state index in [1.54, 1.807) is 42.5 Å². The molecule has 8 heteroatoms. The number of benzene rings is 2. The van der Waals surface area contributed by atoms with Gasteiger partial charge < -0.3 is 9.64 Å². The predicted molar refractivity (Wildman–Crippen MR) is 92.3 cm³/mol. The van der Waals surface area contributed by atoms with E-state index in [1.807, 2.05) is 11.0 Å². The molecule has 0 spiro atoms. The van der Waals surface area contributed by atoms with Gasteiger partial charge in [-0.15, -0.1) is 4.40 Å². The van der Waals surface area contributed by atoms with Gasteiger partial charge in [0.2, 0.25) is 0 Å². The third-order valence-electron chi connectivity index (χ3n) is 3.66. The number of hydrogen-bond acceptors (Lipinski definition) is 6. The van der Waals surface area contributed by atoms with Crippen LogP contribution in [0.2, 0.25) is 0 Å². The second kappa shape index (κ2) is 5.64. The van der Waals surface area contributed by atoms with Crippen LogP contribution in [0.15, 0.2) is 57.8 Å². The van der Waals surface area contributed by atoms with Crippen LogP contribution >= 0.6 is 11.8 Å². The molecule has 0 saturated heterocycles. The number of ether oxygens (including phenoxy) is 1. The average molecular weight is 360 g/mol. The Bertz CT molecular complexity index is 955. The van der Waals surface area contributed by atoms with Crippen LogP contribution in [0.5, 0.6) is 5.75 Å². The highest BCUT2D eigenvalue weighted by molar-refractivity contribution is 8.15. The molecule has 2 aromatic rings. The summed E-state index contributed by atoms with van der Waals surface area (Å²) in [7, 11) is -3.39. The van der Waals surface area contributed by atoms with E-state index in [9.17, 15) is 13.2 Å². The standard InChI is InChI=1S/C16H12N2O4S2/c19-15(22-12-4-2-1-3-5-12)11-6-7-13-14(10-11)23-16-17-24(20,21)9-8-18(13)16/h1-7,10H,8-9H2. The fraction of sp³-hybridized carbons (Fsp3) is 0.125. The number of carbonyl (C=O) groups excluding carboxylic acids is 1. The Morgan fingerprint density at radius 1 is 1.17 bits per heavy atom. The van der Waals surface area contributed by atoms with E-state index in [2.05, 4.69) is 4.40 Å². The molecule has 0 bridgehead atoms. The molecule has 122 valence electrons. The zero-order chi connectivity index (χ0) is 16.7. The van der Waals surface area contributed by atoms with Gasteiger partial charge in [0.1, 0.15) is 5.75 Å². The van der Waals surface area contributed by atoms with Gasteiger partial charge in [-0.25, -0.2) is 13.2 Å². The van der Waals surface area contributed by atoms with Crippen molar-refractivity contribution in [3.63, 3.8) is 0 Å². The molecule has 0 aromatic heterocycles. The number of carbonyl (C=O) groups is 1. The number of thioether (sulfide) groups is 1. The van der Waals surface area contributed by atoms with Gasteiger partial charge in [0.05, 0.1) is 17.0 Å². The summed E-state index contributed by atoms with van der Waals surface area (Å²) in [5.41, 5.74) is 1.28. The molecule has 0 atom stereocenters. The number of esters is 1. The smallest absolute Gasteiger partial charge is 0.343 e. The lowest BCUT2D eigenvalue weighted by atomic mass is 10.2. The summed E-state index contributed by atoms with van der Waals surface area (Å²) in [5, 5.41) is 0.435. The molecule has 2 aliphatic heterocycles. The lowest BCUT2D eigenvalue weighted by molar-refractivity contribution is 0.0734. The van der Waals surface area contributed by atoms with E-state index in [1.165, 1.54) is 11.8 Å². The fourth-order valence-electron chi connectivity index (χ4n) is 2.51. The molecule has 2 aliphatic rings. The summed E-state index contributed by atoms with van der Waals surface area (Å²) >= 11 is 1.25. The maximum atomic E-state index is 12.3. The minimum atomic E-state index is -3.39. The third-order valence-corrected chi connectivity index (χ3v) is 5.97. The molecular weight excluding hydrogens is 348 g/mol. The van der Waals surface area contributed by atoms with Crippen LogP contribution in [0.3, 0.4) is 0 Å². The monoisotopic (exact) mass is 360 g/mol. The summed E-state index contributed by atoms with van der Waals surface area (Å²) in [6, 6.07) is 14.0. The first-order valence-corrected chi connectivity index (χ1v) is 9.64. The van der Waals surface area contributed by atoms with Gasteiger partial charge in [-0.2, -0.15) is 0 Å². The fourth-order valence-corrected chi connectivity index (χ4v) is 4.81. The highest BCUT2D eigenvalue weighted by Crippen LogP contribution is 2.42. The molecular formula is C16H12N2O4S2. The van der Waals surface area contributed by atoms with Crippen LogP contribution in [0.4, 0.5) is 5.69 Å². The second-order valence-corrected chi connectivity index (χ2v) is 8.06. The molecule has 6 nitrogen and oxygen atoms in total. The second-order valence-electron chi connectivity index (χ2n) is 5.30. The molecule has 0 unspecified atom stereocenters. The van der Waals surface area contributed by atoms with Gasteiger partial charge in [0.15, 0.2) is 5.17 Å². The van der Waals surface area contributed by atoms with E-state index in [4.69, 9.17) is 4.74 Å². The van der Waals surface area contributed by atoms with Crippen molar-refractivity contribution < 1.29 is 17.9 Å². The van der Waals surface area contributed by atoms with E-state index in [0.717, 1.165) is 10.6 Å². The molecule has 4 rings (SSSR count). The van der Waals surface area contributed by atoms with Crippen LogP contribution < -0.4 is 9.64 Å². The van der Waals surface area contributed by atoms with Crippen molar-refractivity contribution in [2.24, 2.45) is 4.40 Å². The Balaban J connectivity index is 1.61. The predicted octanol–water partition coefficient (Wildman–Crippen LogP) is 2.52. The van der Waals surface area contributed by atoms with Crippen molar-refractivity contribution in [3.05, 3.63) is 54.1 Å². The topological polar surface area (TPSA) is 76.0 Å². The Labute approximate surface area is 143 Å². The van der Waals surface area contributed by atoms with Crippen molar-refractivity contribution in [2.45, 2.75) is 4.90 Å². The largest absolute Gasteiger partial charge is 0.423 e. The summed E-state index contributed by atoms with van der Waals surface area (Å²) in [5.74, 6) is 0.0152. The molecule has 0 fully saturated rings. The van der Waals surface area contributed by atoms with Crippen molar-refractivity contribution in [3.8, 4) is 5.75 Å². The van der Waals surface area contributed by atoms with Crippen LogP contribution in [0.1, 0.15) is 10.4 Å². The zero-order valence-corrected chi connectivity index (χ0v) is 14.0. The molecule has 0 aliphatic carbocycles. The first-order chi connectivity index (χ1) is 11.5. The van der Waals surface area contributed by atoms with E-state index >= 15 is 0 Å². The van der Waals surface area contributed by atoms with Gasteiger partial charge in [0.25, 0.3) is 10.0 Å². The lowest BCUT2D eigenvalue weighted by Crippen LogP contribution is -2.35. The lowest BCUT2D eigenvalue weighted by Gasteiger charge is -2.22. The average Bonchev–Trinajstić information content (AvgIpc) is 2.90. The molecule has 0 N–H and O–H groups in total. The minimum Gasteiger partial charge on any atom is -0.423 e. The van der Waals surface area contributed by atoms with Gasteiger partial charge in [0, 0.05) is 11.4 Å². The number of nitrogens with zero attached hydrogens (tertiary/aromatic N) is 2. The molecule has 2 aromatic carbocycles. The third kappa shape index (κ3) is 2.78. The first kappa shape index (κ1) is 15.2. The Kier molecular flexibility index (Phi) is 3.58. The molecule has 0 saturated carbocycles. The summed E-state index contributed by atoms with van der Waals surface area (Å²) in [6.07, 6.45) is 0. The van der Waals surface area contributed by atoms with E-state index in [-0.39, 0.29) is 5.75 Å². The zero-order valence-electron chi connectivity index (χ0n) is 12.4. The highest BCUT2D eigenvalue weighted by atomic mass is 32.2. The van der Waals surface area contributed by atoms with Crippen LogP contribution in [-0.4, -0.2) is 31.9 Å². The maximum Gasteiger partial charge on any atom is 0.343 e. The molecule has 0 radical (unpaired) electrons. The van der Waals surface area contributed by atoms with E-state index < -0.39 is 16.0 Å². The van der Waals surface area contributed by atoms with Crippen LogP contribution in [0.25, 0.3) is 0 Å². The van der Waals surface area contributed by atoms with Crippen molar-refractivity contribution in [1.82, 2.24) is 0 Å². The van der Waals surface area contributed by atoms with Crippen molar-refractivity contribution >= 4 is 38.6 Å². The molecule has 24 heavy (non-hydrogen) atoms. The van der Waals surface area contributed by atoms with Crippen molar-refractivity contribution in [1.29, 1.82) is 0 Å². The normalized spacial score (nSPS) is 17.7. The van der Waals surface area contributed by atoms with E-state index in [0.29, 0.717) is 23.0 Å². The summed E-state index contributed by atoms with van der Waals surface area (Å²) in [4.78, 5) is 14.9. The number of amidine groups is 1. The summed E-state index contributed by atoms with van der Waals surface area (Å²) < 4.78 is 32.4. The first-order valence-electron chi connectivity index (χ1n) is 7.21. The molecule has 2 heterocycles. The maximum absolute atomic E-state index is 12.3. The van der Waals surface area contributed by atoms with Gasteiger partial charge >= 0.3 is 5.97 Å². The number of rotatable bonds is 2. The number of hydrogen-bond donors (Lipinski definition) is 0. The summed E-state index contributed by atoms with van der Waals surface area (Å²) in [6.45, 7) is 0.370. The van der Waals surface area contributed by atoms with Gasteiger partial charge in [-0.1, -0.05) is 18.2 Å². The number of fused-ring (bicyclic) bond motifs is 3. The minimum absolute atomic E-state index is 0.00565. The molecule has 0 amide bonds. The van der Waals surface area contributed by atoms with Gasteiger partial charge in [-0.05, 0) is 42.1 Å². The number of para-hydroxylation sites is 1. The van der Waals surface area contributed by atoms with Crippen molar-refractivity contribution in [2.75, 3.05) is 17.2 Å². The Hall–Kier alpha value is -2.32. The van der Waals surface area contributed by atoms with Gasteiger partial charge in [-0.3, -0.25) is 0 Å². The Morgan fingerprint density at radius 2 is 1.96 bits per heavy atom.